The van der Waals surface area contributed by atoms with Crippen molar-refractivity contribution in [1.82, 2.24) is 4.90 Å². The Morgan fingerprint density at radius 3 is 2.03 bits per heavy atom. The molecule has 9 nitrogen and oxygen atoms in total. The molecule has 1 aromatic rings. The van der Waals surface area contributed by atoms with E-state index in [1.807, 2.05) is 0 Å². The van der Waals surface area contributed by atoms with E-state index in [1.165, 1.54) is 35.5 Å². The Balaban J connectivity index is 2.16. The molecule has 2 aliphatic heterocycles. The number of rotatable bonds is 8. The van der Waals surface area contributed by atoms with Crippen LogP contribution in [0.15, 0.2) is 35.7 Å². The van der Waals surface area contributed by atoms with Crippen LogP contribution in [0.4, 0.5) is 0 Å². The van der Waals surface area contributed by atoms with Crippen LogP contribution in [0.1, 0.15) is 24.3 Å². The zero-order chi connectivity index (χ0) is 23.3. The number of methoxy groups -OCH3 is 5. The molecule has 0 amide bonds. The maximum absolute atomic E-state index is 12.8. The molecule has 0 aromatic heterocycles. The molecule has 0 spiro atoms. The Bertz CT molecular complexity index is 883. The lowest BCUT2D eigenvalue weighted by Crippen LogP contribution is -2.32. The molecule has 3 rings (SSSR count). The van der Waals surface area contributed by atoms with E-state index in [4.69, 9.17) is 28.4 Å². The van der Waals surface area contributed by atoms with Crippen LogP contribution in [-0.2, 0) is 23.8 Å². The summed E-state index contributed by atoms with van der Waals surface area (Å²) in [5, 5.41) is 0. The minimum atomic E-state index is -0.801. The number of hydrogen-bond acceptors (Lipinski definition) is 9. The predicted octanol–water partition coefficient (Wildman–Crippen LogP) is 2.40. The second-order valence-electron chi connectivity index (χ2n) is 7.34. The first-order chi connectivity index (χ1) is 15.5. The van der Waals surface area contributed by atoms with Crippen LogP contribution in [0, 0.1) is 0 Å². The fourth-order valence-corrected chi connectivity index (χ4v) is 4.10. The minimum absolute atomic E-state index is 0.00691. The van der Waals surface area contributed by atoms with Gasteiger partial charge in [-0.15, -0.1) is 0 Å². The molecule has 0 radical (unpaired) electrons. The Morgan fingerprint density at radius 1 is 0.938 bits per heavy atom. The SMILES string of the molecule is COC(=O)C1=CN(C[C@H]2CCCO2)C=C(C(=O)OC)C1c1ccc(OC)c(OC)c1OC. The molecule has 9 heteroatoms. The zero-order valence-electron chi connectivity index (χ0n) is 19.0. The van der Waals surface area contributed by atoms with Gasteiger partial charge in [-0.1, -0.05) is 6.07 Å². The molecule has 174 valence electrons. The quantitative estimate of drug-likeness (QED) is 0.557. The lowest BCUT2D eigenvalue weighted by Gasteiger charge is -2.32. The first kappa shape index (κ1) is 23.5. The van der Waals surface area contributed by atoms with Crippen LogP contribution < -0.4 is 14.2 Å². The Hall–Kier alpha value is -3.20. The largest absolute Gasteiger partial charge is 0.493 e. The monoisotopic (exact) mass is 447 g/mol. The van der Waals surface area contributed by atoms with Gasteiger partial charge in [0.15, 0.2) is 11.5 Å². The van der Waals surface area contributed by atoms with Gasteiger partial charge in [-0.25, -0.2) is 9.59 Å². The average Bonchev–Trinajstić information content (AvgIpc) is 3.34. The molecule has 1 atom stereocenters. The highest BCUT2D eigenvalue weighted by Gasteiger charge is 2.38. The van der Waals surface area contributed by atoms with Gasteiger partial charge < -0.3 is 33.3 Å². The summed E-state index contributed by atoms with van der Waals surface area (Å²) in [4.78, 5) is 27.5. The normalized spacial score (nSPS) is 18.5. The minimum Gasteiger partial charge on any atom is -0.493 e. The molecular weight excluding hydrogens is 418 g/mol. The van der Waals surface area contributed by atoms with Gasteiger partial charge in [0.25, 0.3) is 0 Å². The summed E-state index contributed by atoms with van der Waals surface area (Å²) in [6, 6.07) is 3.42. The van der Waals surface area contributed by atoms with Crippen molar-refractivity contribution in [2.45, 2.75) is 24.9 Å². The van der Waals surface area contributed by atoms with Gasteiger partial charge in [-0.05, 0) is 18.9 Å². The first-order valence-corrected chi connectivity index (χ1v) is 10.2. The van der Waals surface area contributed by atoms with Crippen LogP contribution in [0.5, 0.6) is 17.2 Å². The second kappa shape index (κ2) is 10.4. The maximum atomic E-state index is 12.8. The van der Waals surface area contributed by atoms with E-state index in [0.29, 0.717) is 36.0 Å². The van der Waals surface area contributed by atoms with Crippen LogP contribution in [0.3, 0.4) is 0 Å². The lowest BCUT2D eigenvalue weighted by molar-refractivity contribution is -0.137. The van der Waals surface area contributed by atoms with E-state index < -0.39 is 17.9 Å². The van der Waals surface area contributed by atoms with Crippen molar-refractivity contribution in [2.75, 3.05) is 48.7 Å². The molecule has 2 aliphatic rings. The highest BCUT2D eigenvalue weighted by Crippen LogP contribution is 2.47. The molecule has 1 fully saturated rings. The van der Waals surface area contributed by atoms with Gasteiger partial charge in [0.05, 0.1) is 58.7 Å². The highest BCUT2D eigenvalue weighted by atomic mass is 16.5. The molecule has 0 aliphatic carbocycles. The Kier molecular flexibility index (Phi) is 7.63. The summed E-state index contributed by atoms with van der Waals surface area (Å²) >= 11 is 0. The molecule has 2 heterocycles. The number of esters is 2. The molecule has 32 heavy (non-hydrogen) atoms. The van der Waals surface area contributed by atoms with Crippen molar-refractivity contribution in [3.63, 3.8) is 0 Å². The number of ether oxygens (including phenoxy) is 6. The third-order valence-electron chi connectivity index (χ3n) is 5.56. The number of carbonyl (C=O) groups excluding carboxylic acids is 2. The van der Waals surface area contributed by atoms with E-state index >= 15 is 0 Å². The van der Waals surface area contributed by atoms with E-state index in [-0.39, 0.29) is 17.3 Å². The topological polar surface area (TPSA) is 92.8 Å². The van der Waals surface area contributed by atoms with Gasteiger partial charge in [-0.3, -0.25) is 0 Å². The number of carbonyl (C=O) groups is 2. The molecule has 0 unspecified atom stereocenters. The molecule has 0 saturated carbocycles. The molecular formula is C23H29NO8. The zero-order valence-corrected chi connectivity index (χ0v) is 19.0. The highest BCUT2D eigenvalue weighted by molar-refractivity contribution is 5.99. The summed E-state index contributed by atoms with van der Waals surface area (Å²) < 4.78 is 32.3. The van der Waals surface area contributed by atoms with Crippen molar-refractivity contribution in [3.8, 4) is 17.2 Å². The van der Waals surface area contributed by atoms with Gasteiger partial charge in [-0.2, -0.15) is 0 Å². The van der Waals surface area contributed by atoms with E-state index in [0.717, 1.165) is 12.8 Å². The summed E-state index contributed by atoms with van der Waals surface area (Å²) in [5.41, 5.74) is 1.06. The van der Waals surface area contributed by atoms with Gasteiger partial charge in [0, 0.05) is 31.1 Å². The number of nitrogens with zero attached hydrogens (tertiary/aromatic N) is 1. The van der Waals surface area contributed by atoms with Gasteiger partial charge in [0.1, 0.15) is 0 Å². The van der Waals surface area contributed by atoms with Crippen LogP contribution >= 0.6 is 0 Å². The first-order valence-electron chi connectivity index (χ1n) is 10.2. The smallest absolute Gasteiger partial charge is 0.336 e. The maximum Gasteiger partial charge on any atom is 0.336 e. The van der Waals surface area contributed by atoms with E-state index in [1.54, 1.807) is 29.4 Å². The van der Waals surface area contributed by atoms with Gasteiger partial charge >= 0.3 is 11.9 Å². The van der Waals surface area contributed by atoms with E-state index in [2.05, 4.69) is 0 Å². The molecule has 1 aromatic carbocycles. The summed E-state index contributed by atoms with van der Waals surface area (Å²) in [6.07, 6.45) is 5.26. The van der Waals surface area contributed by atoms with Crippen LogP contribution in [0.2, 0.25) is 0 Å². The summed E-state index contributed by atoms with van der Waals surface area (Å²) in [6.45, 7) is 1.20. The van der Waals surface area contributed by atoms with Crippen molar-refractivity contribution in [3.05, 3.63) is 41.2 Å². The number of hydrogen-bond donors (Lipinski definition) is 0. The van der Waals surface area contributed by atoms with Crippen molar-refractivity contribution in [1.29, 1.82) is 0 Å². The second-order valence-corrected chi connectivity index (χ2v) is 7.34. The summed E-state index contributed by atoms with van der Waals surface area (Å²) in [5.74, 6) is -0.796. The van der Waals surface area contributed by atoms with E-state index in [9.17, 15) is 9.59 Å². The van der Waals surface area contributed by atoms with Crippen LogP contribution in [0.25, 0.3) is 0 Å². The van der Waals surface area contributed by atoms with Crippen LogP contribution in [-0.4, -0.2) is 71.6 Å². The predicted molar refractivity (Wildman–Crippen MR) is 115 cm³/mol. The third-order valence-corrected chi connectivity index (χ3v) is 5.56. The van der Waals surface area contributed by atoms with Crippen molar-refractivity contribution in [2.24, 2.45) is 0 Å². The average molecular weight is 447 g/mol. The fraction of sp³-hybridized carbons (Fsp3) is 0.478. The summed E-state index contributed by atoms with van der Waals surface area (Å²) in [7, 11) is 7.08. The Labute approximate surface area is 187 Å². The van der Waals surface area contributed by atoms with Gasteiger partial charge in [0.2, 0.25) is 5.75 Å². The lowest BCUT2D eigenvalue weighted by atomic mass is 9.82. The van der Waals surface area contributed by atoms with Crippen molar-refractivity contribution < 1.29 is 38.0 Å². The Morgan fingerprint density at radius 2 is 1.56 bits per heavy atom. The third kappa shape index (κ3) is 4.52. The van der Waals surface area contributed by atoms with Crippen molar-refractivity contribution >= 4 is 11.9 Å². The number of benzene rings is 1. The standard InChI is InChI=1S/C23H29NO8/c1-27-18-9-8-15(20(28-2)21(18)29-3)19-16(22(25)30-4)12-24(11-14-7-6-10-32-14)13-17(19)23(26)31-5/h8-9,12-14,19H,6-7,10-11H2,1-5H3/t14-/m1/s1. The molecule has 0 bridgehead atoms. The molecule has 1 saturated heterocycles. The fourth-order valence-electron chi connectivity index (χ4n) is 4.10. The molecule has 0 N–H and O–H groups in total.